The highest BCUT2D eigenvalue weighted by Gasteiger charge is 2.41. The van der Waals surface area contributed by atoms with Gasteiger partial charge in [0.2, 0.25) is 11.8 Å². The first-order chi connectivity index (χ1) is 18.9. The van der Waals surface area contributed by atoms with E-state index in [-0.39, 0.29) is 30.5 Å². The van der Waals surface area contributed by atoms with Gasteiger partial charge in [0.15, 0.2) is 0 Å². The normalized spacial score (nSPS) is 17.2. The Morgan fingerprint density at radius 3 is 2.30 bits per heavy atom. The van der Waals surface area contributed by atoms with E-state index in [1.54, 1.807) is 51.1 Å². The smallest absolute Gasteiger partial charge is 0.412 e. The lowest BCUT2D eigenvalue weighted by atomic mass is 10.0. The average Bonchev–Trinajstić information content (AvgIpc) is 3.34. The highest BCUT2D eigenvalue weighted by molar-refractivity contribution is 5.94. The summed E-state index contributed by atoms with van der Waals surface area (Å²) in [4.78, 5) is 53.7. The first kappa shape index (κ1) is 32.1. The predicted molar refractivity (Wildman–Crippen MR) is 155 cm³/mol. The number of benzene rings is 1. The number of hydrogen-bond donors (Lipinski definition) is 2. The summed E-state index contributed by atoms with van der Waals surface area (Å²) in [6.07, 6.45) is 1.23. The molecule has 3 amide bonds. The molecule has 0 radical (unpaired) electrons. The summed E-state index contributed by atoms with van der Waals surface area (Å²) in [7, 11) is 0. The number of para-hydroxylation sites is 1. The SMILES string of the molecule is CC.CC(C)CC(C(=O)N1CC(C(=O)Nc2ccccc2)CC1C#N)n1cccc(NC(=O)OC(C)(C)C)c1=O. The Bertz CT molecular complexity index is 1260. The van der Waals surface area contributed by atoms with Crippen LogP contribution in [0.2, 0.25) is 0 Å². The maximum Gasteiger partial charge on any atom is 0.412 e. The fourth-order valence-electron chi connectivity index (χ4n) is 4.39. The first-order valence-corrected chi connectivity index (χ1v) is 13.7. The number of hydrogen-bond acceptors (Lipinski definition) is 6. The zero-order valence-electron chi connectivity index (χ0n) is 24.4. The van der Waals surface area contributed by atoms with Crippen molar-refractivity contribution in [3.63, 3.8) is 0 Å². The highest BCUT2D eigenvalue weighted by atomic mass is 16.6. The van der Waals surface area contributed by atoms with Gasteiger partial charge < -0.3 is 19.5 Å². The molecule has 1 fully saturated rings. The number of amides is 3. The van der Waals surface area contributed by atoms with E-state index < -0.39 is 41.2 Å². The number of carbonyl (C=O) groups excluding carboxylic acids is 3. The highest BCUT2D eigenvalue weighted by Crippen LogP contribution is 2.29. The standard InChI is InChI=1S/C28H35N5O5.C2H6/c1-18(2)14-23(32-13-9-12-22(25(32)35)31-27(37)38-28(3,4)5)26(36)33-17-19(15-21(33)16-29)24(34)30-20-10-7-6-8-11-20;1-2/h6-13,18-19,21,23H,14-15,17H2,1-5H3,(H,30,34)(H,31,37);1-2H3. The summed E-state index contributed by atoms with van der Waals surface area (Å²) in [5.41, 5.74) is -0.709. The van der Waals surface area contributed by atoms with Crippen LogP contribution < -0.4 is 16.2 Å². The zero-order valence-corrected chi connectivity index (χ0v) is 24.4. The van der Waals surface area contributed by atoms with Gasteiger partial charge in [-0.05, 0) is 63.8 Å². The molecule has 1 aromatic heterocycles. The molecule has 1 aliphatic heterocycles. The molecule has 2 heterocycles. The third-order valence-corrected chi connectivity index (χ3v) is 6.07. The van der Waals surface area contributed by atoms with Crippen molar-refractivity contribution in [2.24, 2.45) is 11.8 Å². The number of anilines is 2. The van der Waals surface area contributed by atoms with E-state index in [9.17, 15) is 24.4 Å². The molecule has 1 saturated heterocycles. The van der Waals surface area contributed by atoms with E-state index >= 15 is 0 Å². The van der Waals surface area contributed by atoms with Gasteiger partial charge in [0.05, 0.1) is 12.0 Å². The summed E-state index contributed by atoms with van der Waals surface area (Å²) in [5, 5.41) is 15.1. The van der Waals surface area contributed by atoms with Gasteiger partial charge in [-0.2, -0.15) is 5.26 Å². The Kier molecular flexibility index (Phi) is 11.5. The topological polar surface area (TPSA) is 134 Å². The van der Waals surface area contributed by atoms with E-state index in [1.165, 1.54) is 21.7 Å². The maximum atomic E-state index is 13.8. The van der Waals surface area contributed by atoms with Crippen LogP contribution in [0.15, 0.2) is 53.5 Å². The molecule has 1 aromatic carbocycles. The molecule has 0 bridgehead atoms. The second kappa shape index (κ2) is 14.3. The third kappa shape index (κ3) is 8.70. The maximum absolute atomic E-state index is 13.8. The van der Waals surface area contributed by atoms with Gasteiger partial charge in [-0.3, -0.25) is 19.7 Å². The second-order valence-electron chi connectivity index (χ2n) is 10.8. The Hall–Kier alpha value is -4.13. The number of nitriles is 1. The van der Waals surface area contributed by atoms with Crippen molar-refractivity contribution in [2.75, 3.05) is 17.2 Å². The lowest BCUT2D eigenvalue weighted by Gasteiger charge is -2.28. The lowest BCUT2D eigenvalue weighted by Crippen LogP contribution is -2.43. The van der Waals surface area contributed by atoms with Gasteiger partial charge >= 0.3 is 6.09 Å². The quantitative estimate of drug-likeness (QED) is 0.487. The monoisotopic (exact) mass is 551 g/mol. The lowest BCUT2D eigenvalue weighted by molar-refractivity contribution is -0.135. The number of aromatic nitrogens is 1. The van der Waals surface area contributed by atoms with E-state index in [0.717, 1.165) is 0 Å². The first-order valence-electron chi connectivity index (χ1n) is 13.7. The van der Waals surface area contributed by atoms with Crippen LogP contribution in [0.1, 0.15) is 67.3 Å². The van der Waals surface area contributed by atoms with Crippen molar-refractivity contribution in [3.8, 4) is 6.07 Å². The second-order valence-corrected chi connectivity index (χ2v) is 10.8. The summed E-state index contributed by atoms with van der Waals surface area (Å²) >= 11 is 0. The number of pyridine rings is 1. The zero-order chi connectivity index (χ0) is 30.0. The number of ether oxygens (including phenoxy) is 1. The number of rotatable bonds is 7. The van der Waals surface area contributed by atoms with Crippen molar-refractivity contribution >= 4 is 29.3 Å². The minimum Gasteiger partial charge on any atom is -0.444 e. The molecule has 10 nitrogen and oxygen atoms in total. The van der Waals surface area contributed by atoms with E-state index in [1.807, 2.05) is 33.8 Å². The fraction of sp³-hybridized carbons (Fsp3) is 0.500. The molecule has 10 heteroatoms. The minimum atomic E-state index is -0.922. The minimum absolute atomic E-state index is 0.0262. The van der Waals surface area contributed by atoms with Gasteiger partial charge in [0.1, 0.15) is 23.4 Å². The molecule has 216 valence electrons. The number of nitrogens with zero attached hydrogens (tertiary/aromatic N) is 3. The predicted octanol–water partition coefficient (Wildman–Crippen LogP) is 5.19. The molecule has 0 aliphatic carbocycles. The fourth-order valence-corrected chi connectivity index (χ4v) is 4.39. The number of carbonyl (C=O) groups is 3. The molecular weight excluding hydrogens is 510 g/mol. The van der Waals surface area contributed by atoms with Crippen LogP contribution in [-0.2, 0) is 14.3 Å². The van der Waals surface area contributed by atoms with Gasteiger partial charge in [-0.15, -0.1) is 0 Å². The van der Waals surface area contributed by atoms with Gasteiger partial charge in [0, 0.05) is 18.4 Å². The van der Waals surface area contributed by atoms with Gasteiger partial charge in [-0.25, -0.2) is 4.79 Å². The van der Waals surface area contributed by atoms with Crippen molar-refractivity contribution in [1.29, 1.82) is 5.26 Å². The Morgan fingerprint density at radius 1 is 1.07 bits per heavy atom. The van der Waals surface area contributed by atoms with E-state index in [2.05, 4.69) is 16.7 Å². The number of nitrogens with one attached hydrogen (secondary N) is 2. The molecular formula is C30H41N5O5. The van der Waals surface area contributed by atoms with Crippen molar-refractivity contribution in [2.45, 2.75) is 79.0 Å². The van der Waals surface area contributed by atoms with Gasteiger partial charge in [0.25, 0.3) is 5.56 Å². The Morgan fingerprint density at radius 2 is 1.73 bits per heavy atom. The van der Waals surface area contributed by atoms with Crippen LogP contribution in [0.4, 0.5) is 16.2 Å². The van der Waals surface area contributed by atoms with E-state index in [4.69, 9.17) is 4.74 Å². The molecule has 2 aromatic rings. The van der Waals surface area contributed by atoms with Crippen LogP contribution in [0.3, 0.4) is 0 Å². The van der Waals surface area contributed by atoms with Crippen molar-refractivity contribution < 1.29 is 19.1 Å². The average molecular weight is 552 g/mol. The molecule has 1 aliphatic rings. The van der Waals surface area contributed by atoms with Crippen LogP contribution in [0, 0.1) is 23.2 Å². The van der Waals surface area contributed by atoms with Gasteiger partial charge in [-0.1, -0.05) is 45.9 Å². The third-order valence-electron chi connectivity index (χ3n) is 6.07. The molecule has 40 heavy (non-hydrogen) atoms. The van der Waals surface area contributed by atoms with E-state index in [0.29, 0.717) is 12.1 Å². The Balaban J connectivity index is 0.00000274. The molecule has 2 N–H and O–H groups in total. The molecule has 0 saturated carbocycles. The molecule has 0 spiro atoms. The van der Waals surface area contributed by atoms with Crippen LogP contribution in [-0.4, -0.2) is 45.6 Å². The summed E-state index contributed by atoms with van der Waals surface area (Å²) < 4.78 is 6.53. The van der Waals surface area contributed by atoms with Crippen LogP contribution in [0.25, 0.3) is 0 Å². The van der Waals surface area contributed by atoms with Crippen LogP contribution in [0.5, 0.6) is 0 Å². The van der Waals surface area contributed by atoms with Crippen molar-refractivity contribution in [3.05, 3.63) is 59.0 Å². The summed E-state index contributed by atoms with van der Waals surface area (Å²) in [6, 6.07) is 12.4. The molecule has 3 atom stereocenters. The summed E-state index contributed by atoms with van der Waals surface area (Å²) in [6.45, 7) is 13.0. The van der Waals surface area contributed by atoms with Crippen LogP contribution >= 0.6 is 0 Å². The summed E-state index contributed by atoms with van der Waals surface area (Å²) in [5.74, 6) is -1.22. The molecule has 3 unspecified atom stereocenters. The molecule has 3 rings (SSSR count). The Labute approximate surface area is 236 Å². The van der Waals surface area contributed by atoms with Crippen molar-refractivity contribution in [1.82, 2.24) is 9.47 Å². The number of likely N-dealkylation sites (tertiary alicyclic amines) is 1. The largest absolute Gasteiger partial charge is 0.444 e.